The van der Waals surface area contributed by atoms with Gasteiger partial charge in [-0.25, -0.2) is 0 Å². The first kappa shape index (κ1) is 24.0. The highest BCUT2D eigenvalue weighted by molar-refractivity contribution is 5.79. The number of Topliss-reactive ketones (excluding diaryl/α,β-unsaturated/α-hetero) is 1. The lowest BCUT2D eigenvalue weighted by atomic mass is 10.0. The van der Waals surface area contributed by atoms with Gasteiger partial charge in [0.25, 0.3) is 0 Å². The molecule has 0 radical (unpaired) electrons. The van der Waals surface area contributed by atoms with Gasteiger partial charge in [0.05, 0.1) is 6.61 Å². The summed E-state index contributed by atoms with van der Waals surface area (Å²) in [5.74, 6) is -0.511. The minimum atomic E-state index is -1.50. The fraction of sp³-hybridized carbons (Fsp3) is 0.435. The lowest BCUT2D eigenvalue weighted by Crippen LogP contribution is -2.54. The second kappa shape index (κ2) is 11.3. The Morgan fingerprint density at radius 1 is 1.03 bits per heavy atom. The first-order valence-electron chi connectivity index (χ1n) is 10.3. The molecule has 174 valence electrons. The standard InChI is InChI=1S/C23H28O9/c24-15(7-6-14-4-2-1-3-5-14)10-17(12-30-16-8-9-18(25)19(26)11-16)32-23-22(29)21(28)20(27)13-31-23/h1-5,8-9,11,17,20-23,25-29H,6-7,10,12-13H2/t17?,20-,21+,22-,23+/m1/s1. The second-order valence-electron chi connectivity index (χ2n) is 7.70. The summed E-state index contributed by atoms with van der Waals surface area (Å²) in [6.07, 6.45) is -5.48. The topological polar surface area (TPSA) is 146 Å². The number of aliphatic hydroxyl groups excluding tert-OH is 3. The van der Waals surface area contributed by atoms with E-state index in [9.17, 15) is 30.3 Å². The van der Waals surface area contributed by atoms with Gasteiger partial charge in [-0.15, -0.1) is 0 Å². The first-order valence-corrected chi connectivity index (χ1v) is 10.3. The molecular weight excluding hydrogens is 420 g/mol. The molecule has 9 heteroatoms. The number of aliphatic hydroxyl groups is 3. The summed E-state index contributed by atoms with van der Waals surface area (Å²) in [5.41, 5.74) is 1.03. The van der Waals surface area contributed by atoms with Crippen molar-refractivity contribution in [3.05, 3.63) is 54.1 Å². The first-order chi connectivity index (χ1) is 15.3. The fourth-order valence-corrected chi connectivity index (χ4v) is 3.30. The van der Waals surface area contributed by atoms with Crippen LogP contribution in [0.25, 0.3) is 0 Å². The SMILES string of the molecule is O=C(CCc1ccccc1)CC(COc1ccc(O)c(O)c1)O[C@@H]1OC[C@@H](O)[C@H](O)[C@H]1O. The van der Waals surface area contributed by atoms with Crippen molar-refractivity contribution in [1.82, 2.24) is 0 Å². The van der Waals surface area contributed by atoms with Crippen molar-refractivity contribution >= 4 is 5.78 Å². The maximum atomic E-state index is 12.6. The number of phenols is 2. The highest BCUT2D eigenvalue weighted by atomic mass is 16.7. The van der Waals surface area contributed by atoms with Gasteiger partial charge in [0, 0.05) is 18.9 Å². The number of ketones is 1. The molecule has 0 amide bonds. The van der Waals surface area contributed by atoms with Crippen LogP contribution < -0.4 is 4.74 Å². The number of ether oxygens (including phenoxy) is 3. The van der Waals surface area contributed by atoms with Crippen LogP contribution >= 0.6 is 0 Å². The van der Waals surface area contributed by atoms with E-state index in [-0.39, 0.29) is 49.1 Å². The molecule has 1 aliphatic rings. The summed E-state index contributed by atoms with van der Waals surface area (Å²) >= 11 is 0. The van der Waals surface area contributed by atoms with Gasteiger partial charge in [-0.05, 0) is 24.1 Å². The Bertz CT molecular complexity index is 873. The summed E-state index contributed by atoms with van der Waals surface area (Å²) < 4.78 is 16.6. The Hall–Kier alpha value is -2.69. The maximum Gasteiger partial charge on any atom is 0.186 e. The molecule has 9 nitrogen and oxygen atoms in total. The number of phenolic OH excluding ortho intramolecular Hbond substituents is 2. The quantitative estimate of drug-likeness (QED) is 0.335. The number of carbonyl (C=O) groups is 1. The van der Waals surface area contributed by atoms with Crippen LogP contribution in [-0.2, 0) is 20.7 Å². The lowest BCUT2D eigenvalue weighted by Gasteiger charge is -2.36. The van der Waals surface area contributed by atoms with E-state index in [2.05, 4.69) is 0 Å². The maximum absolute atomic E-state index is 12.6. The van der Waals surface area contributed by atoms with Gasteiger partial charge in [-0.2, -0.15) is 0 Å². The van der Waals surface area contributed by atoms with Crippen LogP contribution in [0.3, 0.4) is 0 Å². The van der Waals surface area contributed by atoms with Crippen molar-refractivity contribution < 1.29 is 44.5 Å². The molecular formula is C23H28O9. The molecule has 1 saturated heterocycles. The van der Waals surface area contributed by atoms with E-state index in [4.69, 9.17) is 14.2 Å². The zero-order chi connectivity index (χ0) is 23.1. The largest absolute Gasteiger partial charge is 0.504 e. The molecule has 1 fully saturated rings. The molecule has 1 aliphatic heterocycles. The number of hydrogen-bond acceptors (Lipinski definition) is 9. The predicted molar refractivity (Wildman–Crippen MR) is 112 cm³/mol. The van der Waals surface area contributed by atoms with Crippen LogP contribution in [-0.4, -0.2) is 75.2 Å². The fourth-order valence-electron chi connectivity index (χ4n) is 3.30. The predicted octanol–water partition coefficient (Wildman–Crippen LogP) is 0.893. The minimum Gasteiger partial charge on any atom is -0.504 e. The number of rotatable bonds is 10. The number of carbonyl (C=O) groups excluding carboxylic acids is 1. The summed E-state index contributed by atoms with van der Waals surface area (Å²) in [5, 5.41) is 48.7. The zero-order valence-corrected chi connectivity index (χ0v) is 17.4. The Labute approximate surface area is 185 Å². The molecule has 0 aromatic heterocycles. The Balaban J connectivity index is 1.62. The molecule has 5 N–H and O–H groups in total. The highest BCUT2D eigenvalue weighted by Crippen LogP contribution is 2.29. The van der Waals surface area contributed by atoms with Crippen molar-refractivity contribution in [2.24, 2.45) is 0 Å². The third kappa shape index (κ3) is 6.65. The van der Waals surface area contributed by atoms with Gasteiger partial charge in [-0.1, -0.05) is 30.3 Å². The smallest absolute Gasteiger partial charge is 0.186 e. The van der Waals surface area contributed by atoms with Gasteiger partial charge >= 0.3 is 0 Å². The van der Waals surface area contributed by atoms with E-state index in [0.29, 0.717) is 6.42 Å². The van der Waals surface area contributed by atoms with Gasteiger partial charge in [0.1, 0.15) is 42.6 Å². The number of aromatic hydroxyl groups is 2. The van der Waals surface area contributed by atoms with Crippen molar-refractivity contribution in [3.63, 3.8) is 0 Å². The van der Waals surface area contributed by atoms with Crippen LogP contribution in [0.5, 0.6) is 17.2 Å². The zero-order valence-electron chi connectivity index (χ0n) is 17.4. The molecule has 1 heterocycles. The summed E-state index contributed by atoms with van der Waals surface area (Å²) in [6, 6.07) is 13.5. The van der Waals surface area contributed by atoms with E-state index >= 15 is 0 Å². The average molecular weight is 448 g/mol. The van der Waals surface area contributed by atoms with Crippen molar-refractivity contribution in [2.45, 2.75) is 50.0 Å². The number of hydrogen-bond donors (Lipinski definition) is 5. The van der Waals surface area contributed by atoms with E-state index in [1.165, 1.54) is 18.2 Å². The minimum absolute atomic E-state index is 0.0396. The molecule has 2 aromatic carbocycles. The van der Waals surface area contributed by atoms with Crippen LogP contribution in [0.1, 0.15) is 18.4 Å². The van der Waals surface area contributed by atoms with Crippen LogP contribution in [0, 0.1) is 0 Å². The molecule has 2 aromatic rings. The van der Waals surface area contributed by atoms with Gasteiger partial charge in [-0.3, -0.25) is 4.79 Å². The monoisotopic (exact) mass is 448 g/mol. The van der Waals surface area contributed by atoms with Crippen LogP contribution in [0.4, 0.5) is 0 Å². The summed E-state index contributed by atoms with van der Waals surface area (Å²) in [7, 11) is 0. The third-order valence-electron chi connectivity index (χ3n) is 5.15. The van der Waals surface area contributed by atoms with Crippen LogP contribution in [0.2, 0.25) is 0 Å². The molecule has 0 saturated carbocycles. The van der Waals surface area contributed by atoms with E-state index < -0.39 is 30.7 Å². The summed E-state index contributed by atoms with van der Waals surface area (Å²) in [4.78, 5) is 12.6. The Morgan fingerprint density at radius 2 is 1.78 bits per heavy atom. The molecule has 1 unspecified atom stereocenters. The van der Waals surface area contributed by atoms with Crippen molar-refractivity contribution in [3.8, 4) is 17.2 Å². The van der Waals surface area contributed by atoms with Gasteiger partial charge in [0.15, 0.2) is 17.8 Å². The summed E-state index contributed by atoms with van der Waals surface area (Å²) in [6.45, 7) is -0.350. The van der Waals surface area contributed by atoms with Gasteiger partial charge < -0.3 is 39.7 Å². The van der Waals surface area contributed by atoms with Crippen LogP contribution in [0.15, 0.2) is 48.5 Å². The molecule has 0 spiro atoms. The van der Waals surface area contributed by atoms with E-state index in [0.717, 1.165) is 5.56 Å². The Kier molecular flexibility index (Phi) is 8.43. The average Bonchev–Trinajstić information content (AvgIpc) is 2.79. The third-order valence-corrected chi connectivity index (χ3v) is 5.15. The Morgan fingerprint density at radius 3 is 2.50 bits per heavy atom. The molecule has 0 bridgehead atoms. The lowest BCUT2D eigenvalue weighted by molar-refractivity contribution is -0.284. The van der Waals surface area contributed by atoms with Crippen molar-refractivity contribution in [2.75, 3.05) is 13.2 Å². The highest BCUT2D eigenvalue weighted by Gasteiger charge is 2.39. The molecule has 3 rings (SSSR count). The van der Waals surface area contributed by atoms with E-state index in [1.54, 1.807) is 0 Å². The normalized spacial score (nSPS) is 24.1. The molecule has 5 atom stereocenters. The van der Waals surface area contributed by atoms with E-state index in [1.807, 2.05) is 30.3 Å². The van der Waals surface area contributed by atoms with Gasteiger partial charge in [0.2, 0.25) is 0 Å². The second-order valence-corrected chi connectivity index (χ2v) is 7.70. The molecule has 0 aliphatic carbocycles. The molecule has 32 heavy (non-hydrogen) atoms. The number of aryl methyl sites for hydroxylation is 1. The number of benzene rings is 2. The van der Waals surface area contributed by atoms with Crippen molar-refractivity contribution in [1.29, 1.82) is 0 Å².